The molecular weight excluding hydrogens is 248 g/mol. The zero-order chi connectivity index (χ0) is 12.8. The summed E-state index contributed by atoms with van der Waals surface area (Å²) in [6.45, 7) is 0. The first kappa shape index (κ1) is 12.6. The summed E-state index contributed by atoms with van der Waals surface area (Å²) in [4.78, 5) is 11.9. The molecule has 0 unspecified atom stereocenters. The Hall–Kier alpha value is -1.82. The van der Waals surface area contributed by atoms with Crippen LogP contribution in [0, 0.1) is 0 Å². The fourth-order valence-electron chi connectivity index (χ4n) is 1.62. The predicted molar refractivity (Wildman–Crippen MR) is 71.4 cm³/mol. The maximum atomic E-state index is 11.9. The van der Waals surface area contributed by atoms with E-state index in [-0.39, 0.29) is 11.9 Å². The lowest BCUT2D eigenvalue weighted by atomic mass is 10.1. The SMILES string of the molecule is CSC[C@@H](NC(=O)c1cn[nH]n1)c1ccccc1. The van der Waals surface area contributed by atoms with E-state index in [1.54, 1.807) is 11.8 Å². The quantitative estimate of drug-likeness (QED) is 0.859. The first-order valence-corrected chi connectivity index (χ1v) is 6.91. The van der Waals surface area contributed by atoms with Gasteiger partial charge >= 0.3 is 0 Å². The van der Waals surface area contributed by atoms with Crippen LogP contribution in [0.2, 0.25) is 0 Å². The van der Waals surface area contributed by atoms with Gasteiger partial charge in [-0.05, 0) is 11.8 Å². The molecule has 5 nitrogen and oxygen atoms in total. The maximum absolute atomic E-state index is 11.9. The first-order chi connectivity index (χ1) is 8.81. The summed E-state index contributed by atoms with van der Waals surface area (Å²) in [5.41, 5.74) is 1.39. The van der Waals surface area contributed by atoms with E-state index >= 15 is 0 Å². The smallest absolute Gasteiger partial charge is 0.273 e. The van der Waals surface area contributed by atoms with Crippen LogP contribution < -0.4 is 5.32 Å². The van der Waals surface area contributed by atoms with Crippen molar-refractivity contribution >= 4 is 17.7 Å². The van der Waals surface area contributed by atoms with Crippen molar-refractivity contribution in [1.82, 2.24) is 20.7 Å². The highest BCUT2D eigenvalue weighted by atomic mass is 32.2. The number of H-pyrrole nitrogens is 1. The van der Waals surface area contributed by atoms with Crippen molar-refractivity contribution in [3.63, 3.8) is 0 Å². The van der Waals surface area contributed by atoms with Crippen LogP contribution in [-0.4, -0.2) is 33.3 Å². The molecular formula is C12H14N4OS. The summed E-state index contributed by atoms with van der Waals surface area (Å²) in [6.07, 6.45) is 3.43. The van der Waals surface area contributed by atoms with Crippen LogP contribution in [0.25, 0.3) is 0 Å². The fourth-order valence-corrected chi connectivity index (χ4v) is 2.23. The summed E-state index contributed by atoms with van der Waals surface area (Å²) in [7, 11) is 0. The lowest BCUT2D eigenvalue weighted by Crippen LogP contribution is -2.30. The van der Waals surface area contributed by atoms with Crippen LogP contribution in [0.1, 0.15) is 22.1 Å². The zero-order valence-electron chi connectivity index (χ0n) is 9.96. The van der Waals surface area contributed by atoms with Gasteiger partial charge in [-0.15, -0.1) is 0 Å². The van der Waals surface area contributed by atoms with Gasteiger partial charge in [-0.2, -0.15) is 27.2 Å². The third kappa shape index (κ3) is 3.10. The van der Waals surface area contributed by atoms with Gasteiger partial charge in [0.1, 0.15) is 0 Å². The molecule has 0 bridgehead atoms. The number of carbonyl (C=O) groups excluding carboxylic acids is 1. The predicted octanol–water partition coefficient (Wildman–Crippen LogP) is 1.64. The summed E-state index contributed by atoms with van der Waals surface area (Å²) in [5, 5.41) is 12.8. The molecule has 0 saturated carbocycles. The number of benzene rings is 1. The van der Waals surface area contributed by atoms with Gasteiger partial charge in [0.15, 0.2) is 5.69 Å². The van der Waals surface area contributed by atoms with Gasteiger partial charge in [-0.1, -0.05) is 30.3 Å². The van der Waals surface area contributed by atoms with Crippen molar-refractivity contribution in [1.29, 1.82) is 0 Å². The van der Waals surface area contributed by atoms with Crippen molar-refractivity contribution < 1.29 is 4.79 Å². The molecule has 1 heterocycles. The van der Waals surface area contributed by atoms with Crippen molar-refractivity contribution in [3.05, 3.63) is 47.8 Å². The number of nitrogens with one attached hydrogen (secondary N) is 2. The molecule has 18 heavy (non-hydrogen) atoms. The highest BCUT2D eigenvalue weighted by Crippen LogP contribution is 2.17. The first-order valence-electron chi connectivity index (χ1n) is 5.52. The largest absolute Gasteiger partial charge is 0.343 e. The molecule has 2 N–H and O–H groups in total. The number of hydrogen-bond donors (Lipinski definition) is 2. The van der Waals surface area contributed by atoms with E-state index in [0.717, 1.165) is 11.3 Å². The minimum atomic E-state index is -0.216. The molecule has 0 aliphatic rings. The van der Waals surface area contributed by atoms with E-state index < -0.39 is 0 Å². The van der Waals surface area contributed by atoms with Crippen molar-refractivity contribution in [3.8, 4) is 0 Å². The highest BCUT2D eigenvalue weighted by Gasteiger charge is 2.16. The van der Waals surface area contributed by atoms with Gasteiger partial charge in [0.25, 0.3) is 5.91 Å². The Balaban J connectivity index is 2.10. The third-order valence-electron chi connectivity index (χ3n) is 2.49. The average molecular weight is 262 g/mol. The van der Waals surface area contributed by atoms with Crippen LogP contribution >= 0.6 is 11.8 Å². The second-order valence-corrected chi connectivity index (χ2v) is 4.66. The van der Waals surface area contributed by atoms with E-state index in [0.29, 0.717) is 5.69 Å². The fraction of sp³-hybridized carbons (Fsp3) is 0.250. The Morgan fingerprint density at radius 1 is 1.44 bits per heavy atom. The van der Waals surface area contributed by atoms with Crippen molar-refractivity contribution in [2.45, 2.75) is 6.04 Å². The number of thioether (sulfide) groups is 1. The molecule has 1 aromatic carbocycles. The minimum Gasteiger partial charge on any atom is -0.343 e. The normalized spacial score (nSPS) is 12.1. The lowest BCUT2D eigenvalue weighted by molar-refractivity contribution is 0.0935. The summed E-state index contributed by atoms with van der Waals surface area (Å²) in [6, 6.07) is 9.87. The van der Waals surface area contributed by atoms with Gasteiger partial charge in [-0.3, -0.25) is 4.79 Å². The van der Waals surface area contributed by atoms with Crippen LogP contribution in [0.3, 0.4) is 0 Å². The van der Waals surface area contributed by atoms with Gasteiger partial charge in [-0.25, -0.2) is 0 Å². The van der Waals surface area contributed by atoms with E-state index in [9.17, 15) is 4.79 Å². The Labute approximate surface area is 109 Å². The Morgan fingerprint density at radius 2 is 2.22 bits per heavy atom. The van der Waals surface area contributed by atoms with E-state index in [1.165, 1.54) is 6.20 Å². The minimum absolute atomic E-state index is 0.0228. The molecule has 0 aliphatic heterocycles. The number of hydrogen-bond acceptors (Lipinski definition) is 4. The Morgan fingerprint density at radius 3 is 2.83 bits per heavy atom. The van der Waals surface area contributed by atoms with E-state index in [4.69, 9.17) is 0 Å². The topological polar surface area (TPSA) is 70.7 Å². The molecule has 2 aromatic rings. The number of carbonyl (C=O) groups is 1. The standard InChI is InChI=1S/C12H14N4OS/c1-18-8-11(9-5-3-2-4-6-9)14-12(17)10-7-13-16-15-10/h2-7,11H,8H2,1H3,(H,14,17)(H,13,15,16)/t11-/m1/s1. The molecule has 0 spiro atoms. The number of aromatic nitrogens is 3. The van der Waals surface area contributed by atoms with Gasteiger partial charge in [0.05, 0.1) is 12.2 Å². The molecule has 2 rings (SSSR count). The van der Waals surface area contributed by atoms with Crippen molar-refractivity contribution in [2.75, 3.05) is 12.0 Å². The molecule has 1 atom stereocenters. The van der Waals surface area contributed by atoms with Gasteiger partial charge in [0.2, 0.25) is 0 Å². The van der Waals surface area contributed by atoms with Gasteiger partial charge < -0.3 is 5.32 Å². The summed E-state index contributed by atoms with van der Waals surface area (Å²) in [5.74, 6) is 0.597. The molecule has 1 amide bonds. The second-order valence-electron chi connectivity index (χ2n) is 3.75. The molecule has 0 saturated heterocycles. The lowest BCUT2D eigenvalue weighted by Gasteiger charge is -2.17. The molecule has 0 radical (unpaired) electrons. The van der Waals surface area contributed by atoms with E-state index in [1.807, 2.05) is 36.6 Å². The van der Waals surface area contributed by atoms with Crippen LogP contribution in [0.15, 0.2) is 36.5 Å². The monoisotopic (exact) mass is 262 g/mol. The van der Waals surface area contributed by atoms with Crippen LogP contribution in [0.5, 0.6) is 0 Å². The second kappa shape index (κ2) is 6.20. The Bertz CT molecular complexity index is 486. The summed E-state index contributed by atoms with van der Waals surface area (Å²) < 4.78 is 0. The molecule has 6 heteroatoms. The van der Waals surface area contributed by atoms with Crippen LogP contribution in [0.4, 0.5) is 0 Å². The average Bonchev–Trinajstić information content (AvgIpc) is 2.93. The molecule has 0 aliphatic carbocycles. The zero-order valence-corrected chi connectivity index (χ0v) is 10.8. The number of amides is 1. The highest BCUT2D eigenvalue weighted by molar-refractivity contribution is 7.98. The van der Waals surface area contributed by atoms with E-state index in [2.05, 4.69) is 20.7 Å². The third-order valence-corrected chi connectivity index (χ3v) is 3.15. The molecule has 94 valence electrons. The number of nitrogens with zero attached hydrogens (tertiary/aromatic N) is 2. The molecule has 0 fully saturated rings. The molecule has 1 aromatic heterocycles. The van der Waals surface area contributed by atoms with Crippen LogP contribution in [-0.2, 0) is 0 Å². The Kier molecular flexibility index (Phi) is 4.35. The van der Waals surface area contributed by atoms with Crippen molar-refractivity contribution in [2.24, 2.45) is 0 Å². The summed E-state index contributed by atoms with van der Waals surface area (Å²) >= 11 is 1.69. The number of aromatic amines is 1. The number of rotatable bonds is 5. The van der Waals surface area contributed by atoms with Gasteiger partial charge in [0, 0.05) is 5.75 Å². The maximum Gasteiger partial charge on any atom is 0.273 e.